The van der Waals surface area contributed by atoms with Crippen molar-refractivity contribution in [1.29, 1.82) is 0 Å². The Morgan fingerprint density at radius 2 is 2.32 bits per heavy atom. The minimum absolute atomic E-state index is 0.157. The lowest BCUT2D eigenvalue weighted by Gasteiger charge is -2.31. The van der Waals surface area contributed by atoms with Crippen molar-refractivity contribution >= 4 is 17.3 Å². The molecule has 2 aromatic heterocycles. The van der Waals surface area contributed by atoms with Crippen LogP contribution >= 0.6 is 0 Å². The molecule has 1 aliphatic heterocycles. The van der Waals surface area contributed by atoms with E-state index in [9.17, 15) is 15.0 Å². The quantitative estimate of drug-likeness (QED) is 0.642. The number of fused-ring (bicyclic) bond motifs is 1. The molecule has 9 nitrogen and oxygen atoms in total. The molecule has 3 rings (SSSR count). The Morgan fingerprint density at radius 1 is 1.56 bits per heavy atom. The van der Waals surface area contributed by atoms with Gasteiger partial charge in [0.15, 0.2) is 11.4 Å². The molecule has 136 valence electrons. The Bertz CT molecular complexity index is 794. The molecule has 3 heterocycles. The van der Waals surface area contributed by atoms with Crippen molar-refractivity contribution in [2.75, 3.05) is 18.9 Å². The molecule has 0 aliphatic carbocycles. The van der Waals surface area contributed by atoms with Gasteiger partial charge in [-0.1, -0.05) is 6.92 Å². The summed E-state index contributed by atoms with van der Waals surface area (Å²) in [4.78, 5) is 15.5. The van der Waals surface area contributed by atoms with E-state index in [4.69, 9.17) is 15.2 Å². The molecule has 0 spiro atoms. The number of nitrogens with two attached hydrogens (primary N) is 1. The smallest absolute Gasteiger partial charge is 0.305 e. The van der Waals surface area contributed by atoms with Crippen molar-refractivity contribution in [2.24, 2.45) is 0 Å². The number of aliphatic hydroxyl groups excluding tert-OH is 1. The third-order valence-electron chi connectivity index (χ3n) is 4.55. The van der Waals surface area contributed by atoms with Crippen molar-refractivity contribution in [2.45, 2.75) is 44.0 Å². The molecular formula is C16H22N4O5. The number of aliphatic hydroxyl groups is 2. The maximum atomic E-state index is 11.6. The van der Waals surface area contributed by atoms with Crippen molar-refractivity contribution in [3.05, 3.63) is 24.2 Å². The summed E-state index contributed by atoms with van der Waals surface area (Å²) in [7, 11) is 0. The number of esters is 1. The fraction of sp³-hybridized carbons (Fsp3) is 0.562. The van der Waals surface area contributed by atoms with Gasteiger partial charge >= 0.3 is 5.97 Å². The largest absolute Gasteiger partial charge is 0.462 e. The number of aromatic nitrogens is 3. The highest BCUT2D eigenvalue weighted by atomic mass is 16.6. The topological polar surface area (TPSA) is 132 Å². The van der Waals surface area contributed by atoms with E-state index < -0.39 is 17.3 Å². The first-order valence-electron chi connectivity index (χ1n) is 8.10. The van der Waals surface area contributed by atoms with Crippen LogP contribution in [0.4, 0.5) is 5.82 Å². The molecule has 0 bridgehead atoms. The highest BCUT2D eigenvalue weighted by Gasteiger charge is 2.57. The van der Waals surface area contributed by atoms with E-state index in [0.717, 1.165) is 0 Å². The number of carbonyl (C=O) groups is 1. The highest BCUT2D eigenvalue weighted by Crippen LogP contribution is 2.41. The molecule has 4 N–H and O–H groups in total. The SMILES string of the molecule is CCCC(=O)OC[C@@]1(C)OC[C@](O)(c2ccc3c(N)ncnn23)[C@@H]1O. The zero-order chi connectivity index (χ0) is 18.2. The van der Waals surface area contributed by atoms with Crippen LogP contribution in [0.3, 0.4) is 0 Å². The number of anilines is 1. The number of rotatable bonds is 5. The summed E-state index contributed by atoms with van der Waals surface area (Å²) in [6.07, 6.45) is 0.892. The summed E-state index contributed by atoms with van der Waals surface area (Å²) in [5.74, 6) is -0.113. The first-order chi connectivity index (χ1) is 11.8. The Balaban J connectivity index is 1.87. The van der Waals surface area contributed by atoms with Crippen LogP contribution in [0.15, 0.2) is 18.5 Å². The summed E-state index contributed by atoms with van der Waals surface area (Å²) in [6.45, 7) is 3.13. The summed E-state index contributed by atoms with van der Waals surface area (Å²) in [6, 6.07) is 3.27. The molecular weight excluding hydrogens is 328 g/mol. The van der Waals surface area contributed by atoms with Crippen LogP contribution in [0.25, 0.3) is 5.52 Å². The normalized spacial score (nSPS) is 29.2. The van der Waals surface area contributed by atoms with E-state index in [2.05, 4.69) is 10.1 Å². The number of nitrogens with zero attached hydrogens (tertiary/aromatic N) is 3. The molecule has 0 radical (unpaired) electrons. The number of hydrogen-bond donors (Lipinski definition) is 3. The van der Waals surface area contributed by atoms with Crippen LogP contribution < -0.4 is 5.73 Å². The average Bonchev–Trinajstić information content (AvgIpc) is 3.12. The number of ether oxygens (including phenoxy) is 2. The van der Waals surface area contributed by atoms with E-state index >= 15 is 0 Å². The lowest BCUT2D eigenvalue weighted by Crippen LogP contribution is -2.50. The van der Waals surface area contributed by atoms with E-state index in [-0.39, 0.29) is 31.4 Å². The van der Waals surface area contributed by atoms with Gasteiger partial charge in [0.2, 0.25) is 0 Å². The fourth-order valence-electron chi connectivity index (χ4n) is 3.05. The third kappa shape index (κ3) is 2.84. The molecule has 1 fully saturated rings. The Morgan fingerprint density at radius 3 is 3.04 bits per heavy atom. The highest BCUT2D eigenvalue weighted by molar-refractivity contribution is 5.69. The molecule has 2 aromatic rings. The van der Waals surface area contributed by atoms with Crippen molar-refractivity contribution in [3.8, 4) is 0 Å². The van der Waals surface area contributed by atoms with Gasteiger partial charge in [-0.05, 0) is 25.5 Å². The predicted octanol–water partition coefficient (Wildman–Crippen LogP) is -0.00780. The van der Waals surface area contributed by atoms with Gasteiger partial charge in [0.25, 0.3) is 0 Å². The third-order valence-corrected chi connectivity index (χ3v) is 4.55. The van der Waals surface area contributed by atoms with Gasteiger partial charge in [-0.3, -0.25) is 4.79 Å². The molecule has 1 saturated heterocycles. The van der Waals surface area contributed by atoms with Crippen molar-refractivity contribution < 1.29 is 24.5 Å². The van der Waals surface area contributed by atoms with Gasteiger partial charge in [-0.15, -0.1) is 0 Å². The number of carbonyl (C=O) groups excluding carboxylic acids is 1. The molecule has 0 amide bonds. The number of hydrogen-bond acceptors (Lipinski definition) is 8. The van der Waals surface area contributed by atoms with Gasteiger partial charge < -0.3 is 25.4 Å². The van der Waals surface area contributed by atoms with E-state index in [1.165, 1.54) is 10.8 Å². The summed E-state index contributed by atoms with van der Waals surface area (Å²) in [5, 5.41) is 25.9. The molecule has 9 heteroatoms. The second kappa shape index (κ2) is 6.25. The first kappa shape index (κ1) is 17.6. The summed E-state index contributed by atoms with van der Waals surface area (Å²) in [5.41, 5.74) is 3.69. The van der Waals surface area contributed by atoms with Crippen LogP contribution in [0.5, 0.6) is 0 Å². The fourth-order valence-corrected chi connectivity index (χ4v) is 3.05. The van der Waals surface area contributed by atoms with Crippen LogP contribution in [-0.2, 0) is 19.9 Å². The van der Waals surface area contributed by atoms with E-state index in [1.807, 2.05) is 6.92 Å². The molecule has 0 aromatic carbocycles. The van der Waals surface area contributed by atoms with Crippen LogP contribution in [-0.4, -0.2) is 55.7 Å². The lowest BCUT2D eigenvalue weighted by molar-refractivity contribution is -0.158. The van der Waals surface area contributed by atoms with Crippen molar-refractivity contribution in [1.82, 2.24) is 14.6 Å². The second-order valence-corrected chi connectivity index (χ2v) is 6.50. The van der Waals surface area contributed by atoms with E-state index in [1.54, 1.807) is 19.1 Å². The minimum Gasteiger partial charge on any atom is -0.462 e. The number of nitrogen functional groups attached to an aromatic ring is 1. The van der Waals surface area contributed by atoms with Crippen LogP contribution in [0, 0.1) is 0 Å². The predicted molar refractivity (Wildman–Crippen MR) is 87.5 cm³/mol. The maximum absolute atomic E-state index is 11.6. The average molecular weight is 350 g/mol. The standard InChI is InChI=1S/C16H22N4O5/c1-3-4-12(21)24-7-15(2)14(22)16(23,8-25-15)11-6-5-10-13(17)18-9-19-20(10)11/h5-6,9,14,22-23H,3-4,7-8H2,1-2H3,(H2,17,18,19)/t14-,15-,16+/m1/s1. The van der Waals surface area contributed by atoms with Gasteiger partial charge in [0.1, 0.15) is 30.2 Å². The van der Waals surface area contributed by atoms with Crippen LogP contribution in [0.1, 0.15) is 32.4 Å². The Hall–Kier alpha value is -2.23. The molecule has 25 heavy (non-hydrogen) atoms. The summed E-state index contributed by atoms with van der Waals surface area (Å²) < 4.78 is 12.2. The molecule has 1 aliphatic rings. The second-order valence-electron chi connectivity index (χ2n) is 6.50. The Labute approximate surface area is 144 Å². The Kier molecular flexibility index (Phi) is 4.40. The zero-order valence-electron chi connectivity index (χ0n) is 14.2. The lowest BCUT2D eigenvalue weighted by atomic mass is 9.86. The minimum atomic E-state index is -1.72. The van der Waals surface area contributed by atoms with Gasteiger partial charge in [0.05, 0.1) is 12.3 Å². The molecule has 0 saturated carbocycles. The molecule has 3 atom stereocenters. The van der Waals surface area contributed by atoms with Crippen molar-refractivity contribution in [3.63, 3.8) is 0 Å². The summed E-state index contributed by atoms with van der Waals surface area (Å²) >= 11 is 0. The van der Waals surface area contributed by atoms with Gasteiger partial charge in [-0.25, -0.2) is 9.50 Å². The molecule has 0 unspecified atom stereocenters. The first-order valence-corrected chi connectivity index (χ1v) is 8.10. The monoisotopic (exact) mass is 350 g/mol. The van der Waals surface area contributed by atoms with Gasteiger partial charge in [0, 0.05) is 6.42 Å². The zero-order valence-corrected chi connectivity index (χ0v) is 14.2. The van der Waals surface area contributed by atoms with Gasteiger partial charge in [-0.2, -0.15) is 5.10 Å². The van der Waals surface area contributed by atoms with E-state index in [0.29, 0.717) is 17.6 Å². The maximum Gasteiger partial charge on any atom is 0.305 e. The van der Waals surface area contributed by atoms with Crippen LogP contribution in [0.2, 0.25) is 0 Å².